The van der Waals surface area contributed by atoms with Crippen LogP contribution in [-0.4, -0.2) is 246 Å². The molecule has 1 saturated carbocycles. The molecule has 1 aromatic carbocycles. The standard InChI is InChI=1S/C62H88N14O18S/c1-4-32(2)52-59(91)66-25-47(82)67-42-31-95(94)61-38(23-40(56(88)65-26-48(83)70-52)68-60(92)53(33(3)45(80)30-77)71-58(90)43-22-36(78)28-75(43)62(93)41(24-46(63)81)69-57(42)89)37-13-14-44(79)39(54(37)72-61)29-73-18-20-74(21-19-73)49(84)8-6-5-7-17-64-55(87)35-11-9-34(10-12-35)27-76-50(85)15-16-51(76)86/h13-16,32-36,40-43,45,52-53,72,77-80H,4-12,17-31H2,1-3H3,(H2,63,81)(H,64,87)(H,65,88)(H,66,91)(H,67,82)(H,68,92)(H,69,89)(H,70,83)(H,71,90)/t32-,33+,34?,35?,36+,40+,41-,42+,43-,45+,52-,53-,95?/m0/s1. The number of nitrogens with one attached hydrogen (secondary N) is 9. The number of aromatic amines is 1. The Morgan fingerprint density at radius 3 is 2.12 bits per heavy atom. The lowest BCUT2D eigenvalue weighted by atomic mass is 9.81. The Kier molecular flexibility index (Phi) is 25.0. The molecule has 0 spiro atoms. The number of carbonyl (C=O) groups is 13. The Labute approximate surface area is 550 Å². The SMILES string of the molecule is CC[C@H](C)[C@@H]1NC(=O)CNC(=O)[C@H]2Cc3c([nH]c4c(CN5CCN(C(=O)CCCCCNC(=O)C6CCC(CN7C(=O)C=CC7=O)CC6)CC5)c(O)ccc34)S(=O)C[C@@H](NC(=O)CNC1=O)C(=O)N[C@@H](CC(N)=O)C(=O)N1C[C@H](O)C[C@H]1C(=O)N[C@@H]([C@H](C)[C@H](O)CO)C(=O)N2. The molecule has 6 heterocycles. The summed E-state index contributed by atoms with van der Waals surface area (Å²) in [4.78, 5) is 187. The van der Waals surface area contributed by atoms with E-state index in [1.807, 2.05) is 4.90 Å². The lowest BCUT2D eigenvalue weighted by Crippen LogP contribution is -2.62. The summed E-state index contributed by atoms with van der Waals surface area (Å²) >= 11 is 0. The van der Waals surface area contributed by atoms with Gasteiger partial charge in [0.2, 0.25) is 65.0 Å². The molecule has 520 valence electrons. The number of unbranched alkanes of at least 4 members (excludes halogenated alkanes) is 2. The number of nitrogens with two attached hydrogens (primary N) is 1. The van der Waals surface area contributed by atoms with Crippen LogP contribution in [0, 0.1) is 23.7 Å². The van der Waals surface area contributed by atoms with Gasteiger partial charge in [0.1, 0.15) is 47.0 Å². The van der Waals surface area contributed by atoms with Crippen molar-refractivity contribution in [2.75, 3.05) is 71.3 Å². The van der Waals surface area contributed by atoms with Crippen molar-refractivity contribution in [2.24, 2.45) is 29.4 Å². The number of aliphatic hydroxyl groups is 3. The molecular formula is C62H88N14O18S. The Morgan fingerprint density at radius 2 is 1.45 bits per heavy atom. The van der Waals surface area contributed by atoms with Gasteiger partial charge in [0, 0.05) is 107 Å². The van der Waals surface area contributed by atoms with Gasteiger partial charge in [-0.1, -0.05) is 33.6 Å². The van der Waals surface area contributed by atoms with E-state index in [1.165, 1.54) is 36.1 Å². The van der Waals surface area contributed by atoms with Crippen LogP contribution >= 0.6 is 0 Å². The molecular weight excluding hydrogens is 1260 g/mol. The smallest absolute Gasteiger partial charge is 0.253 e. The summed E-state index contributed by atoms with van der Waals surface area (Å²) in [5.74, 6) is -13.3. The maximum atomic E-state index is 15.4. The molecule has 13 amide bonds. The molecule has 33 heteroatoms. The first-order valence-corrected chi connectivity index (χ1v) is 33.7. The van der Waals surface area contributed by atoms with Crippen molar-refractivity contribution >= 4 is 98.5 Å². The van der Waals surface area contributed by atoms with Gasteiger partial charge in [-0.25, -0.2) is 0 Å². The molecule has 1 aromatic heterocycles. The zero-order valence-electron chi connectivity index (χ0n) is 53.5. The number of nitrogens with zero attached hydrogens (tertiary/aromatic N) is 4. The number of fused-ring (bicyclic) bond motifs is 5. The van der Waals surface area contributed by atoms with Crippen molar-refractivity contribution in [3.05, 3.63) is 35.4 Å². The topological polar surface area (TPSA) is 471 Å². The Hall–Kier alpha value is -8.40. The van der Waals surface area contributed by atoms with E-state index >= 15 is 4.21 Å². The molecule has 5 aliphatic heterocycles. The van der Waals surface area contributed by atoms with Crippen LogP contribution in [0.25, 0.3) is 10.9 Å². The largest absolute Gasteiger partial charge is 0.508 e. The fourth-order valence-corrected chi connectivity index (χ4v) is 14.3. The monoisotopic (exact) mass is 1350 g/mol. The molecule has 2 aromatic rings. The summed E-state index contributed by atoms with van der Waals surface area (Å²) in [7, 11) is -2.51. The number of phenols is 1. The van der Waals surface area contributed by atoms with E-state index in [4.69, 9.17) is 5.73 Å². The van der Waals surface area contributed by atoms with E-state index in [9.17, 15) is 82.8 Å². The molecule has 8 rings (SSSR count). The number of primary amides is 1. The molecule has 3 fully saturated rings. The number of imide groups is 1. The lowest BCUT2D eigenvalue weighted by molar-refractivity contribution is -0.144. The molecule has 0 radical (unpaired) electrons. The van der Waals surface area contributed by atoms with Gasteiger partial charge >= 0.3 is 0 Å². The Morgan fingerprint density at radius 1 is 0.779 bits per heavy atom. The van der Waals surface area contributed by atoms with Crippen molar-refractivity contribution in [1.82, 2.24) is 67.1 Å². The van der Waals surface area contributed by atoms with Gasteiger partial charge in [-0.05, 0) is 68.1 Å². The highest BCUT2D eigenvalue weighted by atomic mass is 32.2. The zero-order valence-corrected chi connectivity index (χ0v) is 54.3. The van der Waals surface area contributed by atoms with E-state index in [-0.39, 0.29) is 81.2 Å². The van der Waals surface area contributed by atoms with Gasteiger partial charge in [-0.3, -0.25) is 76.3 Å². The number of piperazine rings is 1. The maximum Gasteiger partial charge on any atom is 0.253 e. The number of hydrogen-bond acceptors (Lipinski definition) is 19. The second kappa shape index (κ2) is 32.8. The zero-order chi connectivity index (χ0) is 68.9. The highest BCUT2D eigenvalue weighted by Crippen LogP contribution is 2.35. The lowest BCUT2D eigenvalue weighted by Gasteiger charge is -2.35. The summed E-state index contributed by atoms with van der Waals surface area (Å²) in [5.41, 5.74) is 6.04. The maximum absolute atomic E-state index is 15.4. The fraction of sp³-hybridized carbons (Fsp3) is 0.629. The van der Waals surface area contributed by atoms with Gasteiger partial charge in [0.05, 0.1) is 60.4 Å². The molecule has 1 unspecified atom stereocenters. The number of carbonyl (C=O) groups excluding carboxylic acids is 13. The molecule has 32 nitrogen and oxygen atoms in total. The number of phenolic OH excluding ortho intramolecular Hbond substituents is 1. The molecule has 2 saturated heterocycles. The van der Waals surface area contributed by atoms with E-state index in [2.05, 4.69) is 47.5 Å². The van der Waals surface area contributed by atoms with Crippen LogP contribution in [-0.2, 0) is 86.1 Å². The molecule has 15 N–H and O–H groups in total. The third-order valence-corrected chi connectivity index (χ3v) is 20.3. The van der Waals surface area contributed by atoms with Crippen LogP contribution < -0.4 is 48.3 Å². The number of benzene rings is 1. The second-order valence-corrected chi connectivity index (χ2v) is 26.9. The molecule has 1 aliphatic carbocycles. The average Bonchev–Trinajstić information content (AvgIpc) is 1.27. The van der Waals surface area contributed by atoms with Crippen LogP contribution in [0.3, 0.4) is 0 Å². The highest BCUT2D eigenvalue weighted by molar-refractivity contribution is 7.85. The normalized spacial score (nSPS) is 27.5. The van der Waals surface area contributed by atoms with Gasteiger partial charge in [0.15, 0.2) is 0 Å². The first kappa shape index (κ1) is 72.4. The quantitative estimate of drug-likeness (QED) is 0.0492. The van der Waals surface area contributed by atoms with Crippen molar-refractivity contribution < 1.29 is 87.0 Å². The molecule has 6 aliphatic rings. The molecule has 11 atom stereocenters. The molecule has 2 bridgehead atoms. The van der Waals surface area contributed by atoms with Crippen molar-refractivity contribution in [3.63, 3.8) is 0 Å². The number of rotatable bonds is 18. The second-order valence-electron chi connectivity index (χ2n) is 25.5. The third kappa shape index (κ3) is 18.3. The van der Waals surface area contributed by atoms with Gasteiger partial charge in [0.25, 0.3) is 11.8 Å². The van der Waals surface area contributed by atoms with Crippen LogP contribution in [0.5, 0.6) is 5.75 Å². The predicted octanol–water partition coefficient (Wildman–Crippen LogP) is -4.87. The minimum absolute atomic E-state index is 0.0275. The number of aromatic hydroxyl groups is 1. The van der Waals surface area contributed by atoms with Crippen LogP contribution in [0.1, 0.15) is 103 Å². The summed E-state index contributed by atoms with van der Waals surface area (Å²) in [6.45, 7) is 3.70. The first-order chi connectivity index (χ1) is 45.2. The van der Waals surface area contributed by atoms with Gasteiger partial charge in [-0.15, -0.1) is 0 Å². The van der Waals surface area contributed by atoms with E-state index in [1.54, 1.807) is 18.7 Å². The van der Waals surface area contributed by atoms with Crippen molar-refractivity contribution in [1.29, 1.82) is 0 Å². The summed E-state index contributed by atoms with van der Waals surface area (Å²) < 4.78 is 15.4. The number of aliphatic hydroxyl groups excluding tert-OH is 3. The number of hydrogen-bond donors (Lipinski definition) is 14. The Balaban J connectivity index is 1.05. The summed E-state index contributed by atoms with van der Waals surface area (Å²) in [6, 6.07) is -7.57. The van der Waals surface area contributed by atoms with Crippen molar-refractivity contribution in [3.8, 4) is 5.75 Å². The van der Waals surface area contributed by atoms with Crippen molar-refractivity contribution in [2.45, 2.75) is 158 Å². The van der Waals surface area contributed by atoms with E-state index in [0.29, 0.717) is 77.8 Å². The van der Waals surface area contributed by atoms with Crippen LogP contribution in [0.2, 0.25) is 0 Å². The first-order valence-electron chi connectivity index (χ1n) is 32.4. The molecule has 95 heavy (non-hydrogen) atoms. The number of amides is 13. The summed E-state index contributed by atoms with van der Waals surface area (Å²) in [5, 5.41) is 64.1. The summed E-state index contributed by atoms with van der Waals surface area (Å²) in [6.07, 6.45) is 2.81. The minimum Gasteiger partial charge on any atom is -0.508 e. The minimum atomic E-state index is -2.51. The highest BCUT2D eigenvalue weighted by Gasteiger charge is 2.45. The van der Waals surface area contributed by atoms with Gasteiger partial charge < -0.3 is 83.5 Å². The predicted molar refractivity (Wildman–Crippen MR) is 337 cm³/mol. The number of aromatic nitrogens is 1. The fourth-order valence-electron chi connectivity index (χ4n) is 12.9. The van der Waals surface area contributed by atoms with Crippen LogP contribution in [0.4, 0.5) is 0 Å². The average molecular weight is 1350 g/mol. The third-order valence-electron chi connectivity index (χ3n) is 18.8. The van der Waals surface area contributed by atoms with E-state index < -0.39 is 176 Å². The van der Waals surface area contributed by atoms with Crippen LogP contribution in [0.15, 0.2) is 29.3 Å². The van der Waals surface area contributed by atoms with E-state index in [0.717, 1.165) is 17.7 Å². The van der Waals surface area contributed by atoms with Gasteiger partial charge in [-0.2, -0.15) is 0 Å². The Bertz CT molecular complexity index is 3310. The number of H-pyrrole nitrogens is 1.